The van der Waals surface area contributed by atoms with Crippen molar-refractivity contribution in [2.75, 3.05) is 0 Å². The molecule has 3 nitrogen and oxygen atoms in total. The van der Waals surface area contributed by atoms with Crippen LogP contribution in [0.3, 0.4) is 0 Å². The fraction of sp³-hybridized carbons (Fsp3) is 0.200. The van der Waals surface area contributed by atoms with Gasteiger partial charge in [0.2, 0.25) is 0 Å². The summed E-state index contributed by atoms with van der Waals surface area (Å²) in [6.45, 7) is 1.47. The van der Waals surface area contributed by atoms with E-state index in [1.165, 1.54) is 12.3 Å². The molecule has 4 heteroatoms. The first kappa shape index (κ1) is 9.02. The lowest BCUT2D eigenvalue weighted by Crippen LogP contribution is -1.95. The molecule has 0 aliphatic carbocycles. The highest BCUT2D eigenvalue weighted by Crippen LogP contribution is 2.17. The van der Waals surface area contributed by atoms with Crippen LogP contribution in [0.1, 0.15) is 11.3 Å². The number of nitrogens with zero attached hydrogens (tertiary/aromatic N) is 2. The summed E-state index contributed by atoms with van der Waals surface area (Å²) in [5, 5.41) is 8.84. The molecule has 0 radical (unpaired) electrons. The van der Waals surface area contributed by atoms with Gasteiger partial charge in [0.25, 0.3) is 0 Å². The van der Waals surface area contributed by atoms with Crippen LogP contribution in [0.4, 0.5) is 4.39 Å². The van der Waals surface area contributed by atoms with Crippen LogP contribution in [0, 0.1) is 12.7 Å². The van der Waals surface area contributed by atoms with Gasteiger partial charge in [0, 0.05) is 11.8 Å². The van der Waals surface area contributed by atoms with Crippen molar-refractivity contribution >= 4 is 11.0 Å². The lowest BCUT2D eigenvalue weighted by Gasteiger charge is -2.02. The smallest absolute Gasteiger partial charge is 0.156 e. The Morgan fingerprint density at radius 3 is 2.93 bits per heavy atom. The predicted octanol–water partition coefficient (Wildman–Crippen LogP) is 1.57. The Labute approximate surface area is 80.2 Å². The SMILES string of the molecule is Cc1cnc2c(F)c(CO)ccc2n1. The number of aliphatic hydroxyl groups is 1. The highest BCUT2D eigenvalue weighted by molar-refractivity contribution is 5.75. The molecule has 1 aromatic heterocycles. The summed E-state index contributed by atoms with van der Waals surface area (Å²) in [6.07, 6.45) is 1.51. The van der Waals surface area contributed by atoms with Gasteiger partial charge in [0.1, 0.15) is 5.52 Å². The van der Waals surface area contributed by atoms with E-state index in [0.29, 0.717) is 5.52 Å². The van der Waals surface area contributed by atoms with Gasteiger partial charge in [0.15, 0.2) is 5.82 Å². The number of hydrogen-bond donors (Lipinski definition) is 1. The molecule has 0 aliphatic rings. The zero-order valence-corrected chi connectivity index (χ0v) is 7.66. The van der Waals surface area contributed by atoms with E-state index >= 15 is 0 Å². The van der Waals surface area contributed by atoms with Crippen molar-refractivity contribution < 1.29 is 9.50 Å². The summed E-state index contributed by atoms with van der Waals surface area (Å²) < 4.78 is 13.5. The molecule has 0 spiro atoms. The Bertz CT molecular complexity index is 485. The highest BCUT2D eigenvalue weighted by Gasteiger charge is 2.08. The maximum Gasteiger partial charge on any atom is 0.156 e. The minimum absolute atomic E-state index is 0.210. The first-order valence-electron chi connectivity index (χ1n) is 4.24. The zero-order valence-electron chi connectivity index (χ0n) is 7.66. The molecule has 14 heavy (non-hydrogen) atoms. The van der Waals surface area contributed by atoms with E-state index in [1.807, 2.05) is 0 Å². The van der Waals surface area contributed by atoms with E-state index in [2.05, 4.69) is 9.97 Å². The molecule has 0 fully saturated rings. The van der Waals surface area contributed by atoms with Crippen molar-refractivity contribution in [1.82, 2.24) is 9.97 Å². The molecule has 2 rings (SSSR count). The first-order valence-corrected chi connectivity index (χ1v) is 4.24. The second-order valence-electron chi connectivity index (χ2n) is 3.08. The lowest BCUT2D eigenvalue weighted by molar-refractivity contribution is 0.276. The molecule has 1 heterocycles. The number of aryl methyl sites for hydroxylation is 1. The minimum atomic E-state index is -0.488. The number of hydrogen-bond acceptors (Lipinski definition) is 3. The first-order chi connectivity index (χ1) is 6.72. The Hall–Kier alpha value is -1.55. The van der Waals surface area contributed by atoms with Crippen LogP contribution >= 0.6 is 0 Å². The monoisotopic (exact) mass is 192 g/mol. The number of halogens is 1. The van der Waals surface area contributed by atoms with Crippen LogP contribution in [-0.2, 0) is 6.61 Å². The molecule has 0 saturated heterocycles. The molecule has 72 valence electrons. The summed E-state index contributed by atoms with van der Waals surface area (Å²) in [7, 11) is 0. The number of aromatic nitrogens is 2. The summed E-state index contributed by atoms with van der Waals surface area (Å²) in [5.41, 5.74) is 1.71. The molecule has 0 atom stereocenters. The van der Waals surface area contributed by atoms with Gasteiger partial charge in [-0.2, -0.15) is 0 Å². The van der Waals surface area contributed by atoms with Gasteiger partial charge < -0.3 is 5.11 Å². The third-order valence-electron chi connectivity index (χ3n) is 2.02. The van der Waals surface area contributed by atoms with Gasteiger partial charge in [-0.3, -0.25) is 0 Å². The molecule has 1 N–H and O–H groups in total. The van der Waals surface area contributed by atoms with Crippen molar-refractivity contribution in [3.05, 3.63) is 35.4 Å². The van der Waals surface area contributed by atoms with E-state index in [1.54, 1.807) is 13.0 Å². The molecule has 0 saturated carbocycles. The van der Waals surface area contributed by atoms with Crippen LogP contribution in [0.5, 0.6) is 0 Å². The summed E-state index contributed by atoms with van der Waals surface area (Å²) >= 11 is 0. The predicted molar refractivity (Wildman–Crippen MR) is 50.2 cm³/mol. The van der Waals surface area contributed by atoms with Crippen molar-refractivity contribution in [2.24, 2.45) is 0 Å². The Balaban J connectivity index is 2.77. The Morgan fingerprint density at radius 2 is 2.21 bits per heavy atom. The average molecular weight is 192 g/mol. The maximum absolute atomic E-state index is 13.5. The van der Waals surface area contributed by atoms with Crippen molar-refractivity contribution in [1.29, 1.82) is 0 Å². The molecule has 0 unspecified atom stereocenters. The number of aliphatic hydroxyl groups excluding tert-OH is 1. The fourth-order valence-corrected chi connectivity index (χ4v) is 1.31. The van der Waals surface area contributed by atoms with Gasteiger partial charge in [-0.25, -0.2) is 14.4 Å². The van der Waals surface area contributed by atoms with Crippen LogP contribution in [-0.4, -0.2) is 15.1 Å². The molecule has 2 aromatic rings. The highest BCUT2D eigenvalue weighted by atomic mass is 19.1. The molecule has 0 bridgehead atoms. The van der Waals surface area contributed by atoms with E-state index in [-0.39, 0.29) is 17.7 Å². The van der Waals surface area contributed by atoms with Crippen LogP contribution < -0.4 is 0 Å². The quantitative estimate of drug-likeness (QED) is 0.746. The number of fused-ring (bicyclic) bond motifs is 1. The second-order valence-corrected chi connectivity index (χ2v) is 3.08. The summed E-state index contributed by atoms with van der Waals surface area (Å²) in [6, 6.07) is 3.18. The molecule has 0 aliphatic heterocycles. The van der Waals surface area contributed by atoms with Crippen molar-refractivity contribution in [3.63, 3.8) is 0 Å². The van der Waals surface area contributed by atoms with E-state index in [9.17, 15) is 4.39 Å². The van der Waals surface area contributed by atoms with E-state index in [0.717, 1.165) is 5.69 Å². The Kier molecular flexibility index (Phi) is 2.13. The molecule has 1 aromatic carbocycles. The average Bonchev–Trinajstić information content (AvgIpc) is 2.18. The maximum atomic E-state index is 13.5. The molecule has 0 amide bonds. The van der Waals surface area contributed by atoms with Gasteiger partial charge in [-0.15, -0.1) is 0 Å². The van der Waals surface area contributed by atoms with Gasteiger partial charge in [0.05, 0.1) is 17.8 Å². The third-order valence-corrected chi connectivity index (χ3v) is 2.02. The van der Waals surface area contributed by atoms with Gasteiger partial charge >= 0.3 is 0 Å². The molecular formula is C10H9FN2O. The van der Waals surface area contributed by atoms with Gasteiger partial charge in [-0.1, -0.05) is 6.07 Å². The van der Waals surface area contributed by atoms with E-state index in [4.69, 9.17) is 5.11 Å². The summed E-state index contributed by atoms with van der Waals surface area (Å²) in [5.74, 6) is -0.488. The van der Waals surface area contributed by atoms with Crippen molar-refractivity contribution in [3.8, 4) is 0 Å². The topological polar surface area (TPSA) is 46.0 Å². The molecular weight excluding hydrogens is 183 g/mol. The third kappa shape index (κ3) is 1.33. The fourth-order valence-electron chi connectivity index (χ4n) is 1.31. The Morgan fingerprint density at radius 1 is 1.43 bits per heavy atom. The number of benzene rings is 1. The zero-order chi connectivity index (χ0) is 10.1. The summed E-state index contributed by atoms with van der Waals surface area (Å²) in [4.78, 5) is 8.07. The van der Waals surface area contributed by atoms with Crippen LogP contribution in [0.25, 0.3) is 11.0 Å². The van der Waals surface area contributed by atoms with E-state index < -0.39 is 5.82 Å². The normalized spacial score (nSPS) is 10.8. The lowest BCUT2D eigenvalue weighted by atomic mass is 10.2. The number of rotatable bonds is 1. The largest absolute Gasteiger partial charge is 0.392 e. The van der Waals surface area contributed by atoms with Gasteiger partial charge in [-0.05, 0) is 13.0 Å². The van der Waals surface area contributed by atoms with Crippen LogP contribution in [0.2, 0.25) is 0 Å². The standard InChI is InChI=1S/C10H9FN2O/c1-6-4-12-10-8(13-6)3-2-7(5-14)9(10)11/h2-4,14H,5H2,1H3. The second kappa shape index (κ2) is 3.31. The van der Waals surface area contributed by atoms with Crippen LogP contribution in [0.15, 0.2) is 18.3 Å². The van der Waals surface area contributed by atoms with Crippen molar-refractivity contribution in [2.45, 2.75) is 13.5 Å². The minimum Gasteiger partial charge on any atom is -0.392 e.